The van der Waals surface area contributed by atoms with Crippen molar-refractivity contribution in [1.82, 2.24) is 0 Å². The first kappa shape index (κ1) is 11.2. The average molecular weight is 226 g/mol. The molecule has 0 amide bonds. The second-order valence-corrected chi connectivity index (χ2v) is 5.66. The molecule has 84 valence electrons. The molecule has 0 radical (unpaired) electrons. The summed E-state index contributed by atoms with van der Waals surface area (Å²) in [5.41, 5.74) is 0.0207. The standard InChI is InChI=1S/C12H18O2S/c1-2-11(13)10-3-6-14-12(9-10)4-7-15-8-5-12/h2,10H,1,3-9H2. The lowest BCUT2D eigenvalue weighted by atomic mass is 9.80. The van der Waals surface area contributed by atoms with Crippen molar-refractivity contribution in [2.45, 2.75) is 31.3 Å². The summed E-state index contributed by atoms with van der Waals surface area (Å²) >= 11 is 1.99. The van der Waals surface area contributed by atoms with Crippen molar-refractivity contribution in [3.05, 3.63) is 12.7 Å². The molecule has 2 nitrogen and oxygen atoms in total. The summed E-state index contributed by atoms with van der Waals surface area (Å²) in [6.07, 6.45) is 5.48. The minimum Gasteiger partial charge on any atom is -0.375 e. The molecule has 2 aliphatic rings. The van der Waals surface area contributed by atoms with Gasteiger partial charge in [-0.25, -0.2) is 0 Å². The number of hydrogen-bond acceptors (Lipinski definition) is 3. The van der Waals surface area contributed by atoms with Crippen LogP contribution in [0.4, 0.5) is 0 Å². The number of carbonyl (C=O) groups excluding carboxylic acids is 1. The quantitative estimate of drug-likeness (QED) is 0.676. The molecule has 0 aromatic heterocycles. The molecule has 0 bridgehead atoms. The molecule has 2 heterocycles. The fourth-order valence-electron chi connectivity index (χ4n) is 2.53. The minimum absolute atomic E-state index is 0.0207. The van der Waals surface area contributed by atoms with Crippen LogP contribution >= 0.6 is 11.8 Å². The van der Waals surface area contributed by atoms with Gasteiger partial charge in [0.05, 0.1) is 5.60 Å². The van der Waals surface area contributed by atoms with E-state index in [0.29, 0.717) is 0 Å². The molecular weight excluding hydrogens is 208 g/mol. The first-order chi connectivity index (χ1) is 7.26. The minimum atomic E-state index is 0.0207. The highest BCUT2D eigenvalue weighted by Crippen LogP contribution is 2.39. The zero-order valence-electron chi connectivity index (χ0n) is 9.04. The lowest BCUT2D eigenvalue weighted by Crippen LogP contribution is -2.44. The first-order valence-electron chi connectivity index (χ1n) is 5.64. The van der Waals surface area contributed by atoms with E-state index >= 15 is 0 Å². The van der Waals surface area contributed by atoms with Gasteiger partial charge in [0.15, 0.2) is 5.78 Å². The number of ether oxygens (including phenoxy) is 1. The summed E-state index contributed by atoms with van der Waals surface area (Å²) in [6.45, 7) is 4.32. The van der Waals surface area contributed by atoms with Crippen LogP contribution in [0.5, 0.6) is 0 Å². The molecule has 0 aromatic rings. The molecule has 15 heavy (non-hydrogen) atoms. The molecule has 2 rings (SSSR count). The third-order valence-corrected chi connectivity index (χ3v) is 4.49. The molecule has 0 N–H and O–H groups in total. The smallest absolute Gasteiger partial charge is 0.158 e. The Balaban J connectivity index is 2.02. The van der Waals surface area contributed by atoms with Crippen molar-refractivity contribution in [2.75, 3.05) is 18.1 Å². The van der Waals surface area contributed by atoms with Crippen LogP contribution in [0, 0.1) is 5.92 Å². The molecule has 2 fully saturated rings. The van der Waals surface area contributed by atoms with Gasteiger partial charge in [0, 0.05) is 12.5 Å². The Labute approximate surface area is 95.5 Å². The number of hydrogen-bond donors (Lipinski definition) is 0. The van der Waals surface area contributed by atoms with E-state index in [4.69, 9.17) is 4.74 Å². The van der Waals surface area contributed by atoms with E-state index < -0.39 is 0 Å². The SMILES string of the molecule is C=CC(=O)C1CCOC2(CCSCC2)C1. The molecule has 2 saturated heterocycles. The maximum atomic E-state index is 11.6. The van der Waals surface area contributed by atoms with Crippen molar-refractivity contribution in [3.63, 3.8) is 0 Å². The third kappa shape index (κ3) is 2.45. The highest BCUT2D eigenvalue weighted by molar-refractivity contribution is 7.99. The van der Waals surface area contributed by atoms with E-state index in [2.05, 4.69) is 6.58 Å². The Hall–Kier alpha value is -0.280. The van der Waals surface area contributed by atoms with E-state index in [-0.39, 0.29) is 17.3 Å². The zero-order chi connectivity index (χ0) is 10.7. The highest BCUT2D eigenvalue weighted by atomic mass is 32.2. The molecule has 3 heteroatoms. The van der Waals surface area contributed by atoms with Crippen molar-refractivity contribution in [2.24, 2.45) is 5.92 Å². The predicted molar refractivity (Wildman–Crippen MR) is 63.2 cm³/mol. The van der Waals surface area contributed by atoms with Gasteiger partial charge in [-0.3, -0.25) is 4.79 Å². The molecule has 1 unspecified atom stereocenters. The van der Waals surface area contributed by atoms with Crippen molar-refractivity contribution < 1.29 is 9.53 Å². The molecule has 1 atom stereocenters. The number of carbonyl (C=O) groups is 1. The van der Waals surface area contributed by atoms with E-state index in [1.54, 1.807) is 0 Å². The molecule has 1 spiro atoms. The summed E-state index contributed by atoms with van der Waals surface area (Å²) in [5, 5.41) is 0. The lowest BCUT2D eigenvalue weighted by molar-refractivity contribution is -0.134. The Kier molecular flexibility index (Phi) is 3.52. The number of allylic oxidation sites excluding steroid dienone is 1. The average Bonchev–Trinajstić information content (AvgIpc) is 2.29. The van der Waals surface area contributed by atoms with Crippen molar-refractivity contribution in [1.29, 1.82) is 0 Å². The fraction of sp³-hybridized carbons (Fsp3) is 0.750. The van der Waals surface area contributed by atoms with Crippen molar-refractivity contribution in [3.8, 4) is 0 Å². The monoisotopic (exact) mass is 226 g/mol. The second kappa shape index (κ2) is 4.71. The zero-order valence-corrected chi connectivity index (χ0v) is 9.85. The summed E-state index contributed by atoms with van der Waals surface area (Å²) in [4.78, 5) is 11.6. The topological polar surface area (TPSA) is 26.3 Å². The maximum Gasteiger partial charge on any atom is 0.158 e. The largest absolute Gasteiger partial charge is 0.375 e. The van der Waals surface area contributed by atoms with Crippen LogP contribution in [-0.2, 0) is 9.53 Å². The Bertz CT molecular complexity index is 251. The molecule has 0 aromatic carbocycles. The van der Waals surface area contributed by atoms with E-state index in [1.165, 1.54) is 17.6 Å². The van der Waals surface area contributed by atoms with Gasteiger partial charge in [0.1, 0.15) is 0 Å². The van der Waals surface area contributed by atoms with E-state index in [1.807, 2.05) is 11.8 Å². The number of rotatable bonds is 2. The fourth-order valence-corrected chi connectivity index (χ4v) is 3.77. The van der Waals surface area contributed by atoms with Gasteiger partial charge >= 0.3 is 0 Å². The van der Waals surface area contributed by atoms with Crippen LogP contribution in [0.1, 0.15) is 25.7 Å². The Morgan fingerprint density at radius 1 is 1.47 bits per heavy atom. The van der Waals surface area contributed by atoms with E-state index in [9.17, 15) is 4.79 Å². The normalized spacial score (nSPS) is 30.0. The van der Waals surface area contributed by atoms with Crippen LogP contribution in [-0.4, -0.2) is 29.5 Å². The Morgan fingerprint density at radius 3 is 2.87 bits per heavy atom. The molecular formula is C12H18O2S. The van der Waals surface area contributed by atoms with Crippen LogP contribution in [0.3, 0.4) is 0 Å². The van der Waals surface area contributed by atoms with Gasteiger partial charge in [-0.15, -0.1) is 0 Å². The van der Waals surface area contributed by atoms with Gasteiger partial charge in [0.2, 0.25) is 0 Å². The molecule has 0 saturated carbocycles. The second-order valence-electron chi connectivity index (χ2n) is 4.44. The van der Waals surface area contributed by atoms with Crippen LogP contribution in [0.25, 0.3) is 0 Å². The van der Waals surface area contributed by atoms with Crippen molar-refractivity contribution >= 4 is 17.5 Å². The van der Waals surface area contributed by atoms with Gasteiger partial charge in [-0.2, -0.15) is 11.8 Å². The summed E-state index contributed by atoms with van der Waals surface area (Å²) in [6, 6.07) is 0. The molecule has 0 aliphatic carbocycles. The third-order valence-electron chi connectivity index (χ3n) is 3.50. The first-order valence-corrected chi connectivity index (χ1v) is 6.79. The molecule has 2 aliphatic heterocycles. The number of ketones is 1. The van der Waals surface area contributed by atoms with E-state index in [0.717, 1.165) is 32.3 Å². The van der Waals surface area contributed by atoms with Gasteiger partial charge in [-0.1, -0.05) is 6.58 Å². The highest BCUT2D eigenvalue weighted by Gasteiger charge is 2.40. The van der Waals surface area contributed by atoms with Crippen LogP contribution in [0.2, 0.25) is 0 Å². The maximum absolute atomic E-state index is 11.6. The van der Waals surface area contributed by atoms with Gasteiger partial charge < -0.3 is 4.74 Å². The summed E-state index contributed by atoms with van der Waals surface area (Å²) in [5.74, 6) is 2.72. The Morgan fingerprint density at radius 2 is 2.20 bits per heavy atom. The van der Waals surface area contributed by atoms with Crippen LogP contribution in [0.15, 0.2) is 12.7 Å². The van der Waals surface area contributed by atoms with Gasteiger partial charge in [-0.05, 0) is 43.3 Å². The van der Waals surface area contributed by atoms with Crippen LogP contribution < -0.4 is 0 Å². The summed E-state index contributed by atoms with van der Waals surface area (Å²) in [7, 11) is 0. The number of thioether (sulfide) groups is 1. The lowest BCUT2D eigenvalue weighted by Gasteiger charge is -2.42. The summed E-state index contributed by atoms with van der Waals surface area (Å²) < 4.78 is 5.93. The predicted octanol–water partition coefficient (Wildman–Crippen LogP) is 2.43. The van der Waals surface area contributed by atoms with Gasteiger partial charge in [0.25, 0.3) is 0 Å².